The molecule has 96 valence electrons. The molecule has 2 rings (SSSR count). The summed E-state index contributed by atoms with van der Waals surface area (Å²) in [7, 11) is 1.62. The minimum Gasteiger partial charge on any atom is -0.481 e. The summed E-state index contributed by atoms with van der Waals surface area (Å²) in [5, 5.41) is 7.62. The molecule has 0 unspecified atom stereocenters. The first-order chi connectivity index (χ1) is 8.83. The fourth-order valence-electron chi connectivity index (χ4n) is 1.80. The molecule has 0 radical (unpaired) electrons. The highest BCUT2D eigenvalue weighted by molar-refractivity contribution is 5.20. The molecule has 0 aliphatic heterocycles. The van der Waals surface area contributed by atoms with Gasteiger partial charge in [-0.1, -0.05) is 0 Å². The van der Waals surface area contributed by atoms with Gasteiger partial charge in [0.1, 0.15) is 0 Å². The van der Waals surface area contributed by atoms with Crippen LogP contribution in [-0.2, 0) is 19.6 Å². The number of hydrogen-bond acceptors (Lipinski definition) is 4. The fraction of sp³-hybridized carbons (Fsp3) is 0.385. The van der Waals surface area contributed by atoms with Crippen LogP contribution < -0.4 is 10.1 Å². The predicted molar refractivity (Wildman–Crippen MR) is 69.2 cm³/mol. The molecule has 2 heterocycles. The fourth-order valence-corrected chi connectivity index (χ4v) is 1.80. The Hall–Kier alpha value is -1.88. The maximum atomic E-state index is 5.09. The first-order valence-electron chi connectivity index (χ1n) is 6.03. The minimum absolute atomic E-state index is 0.646. The number of pyridine rings is 1. The molecule has 0 fully saturated rings. The molecule has 0 bridgehead atoms. The zero-order valence-electron chi connectivity index (χ0n) is 10.8. The number of aryl methyl sites for hydroxylation is 1. The average Bonchev–Trinajstić information content (AvgIpc) is 2.86. The summed E-state index contributed by atoms with van der Waals surface area (Å²) in [5.74, 6) is 0.646. The number of ether oxygens (including phenoxy) is 1. The molecule has 2 aromatic heterocycles. The summed E-state index contributed by atoms with van der Waals surface area (Å²) >= 11 is 0. The maximum absolute atomic E-state index is 5.09. The van der Waals surface area contributed by atoms with Crippen LogP contribution in [0.15, 0.2) is 30.6 Å². The molecule has 0 saturated heterocycles. The van der Waals surface area contributed by atoms with E-state index in [1.807, 2.05) is 29.1 Å². The summed E-state index contributed by atoms with van der Waals surface area (Å²) in [6, 6.07) is 5.94. The highest BCUT2D eigenvalue weighted by Crippen LogP contribution is 2.08. The first kappa shape index (κ1) is 12.6. The largest absolute Gasteiger partial charge is 0.481 e. The third-order valence-corrected chi connectivity index (χ3v) is 2.75. The molecule has 2 aromatic rings. The molecule has 5 heteroatoms. The van der Waals surface area contributed by atoms with Gasteiger partial charge in [-0.25, -0.2) is 4.98 Å². The molecule has 0 saturated carbocycles. The van der Waals surface area contributed by atoms with Gasteiger partial charge >= 0.3 is 0 Å². The average molecular weight is 246 g/mol. The number of nitrogens with one attached hydrogen (secondary N) is 1. The van der Waals surface area contributed by atoms with Crippen molar-refractivity contribution in [2.75, 3.05) is 7.11 Å². The van der Waals surface area contributed by atoms with Crippen molar-refractivity contribution in [1.29, 1.82) is 0 Å². The third kappa shape index (κ3) is 3.07. The normalized spacial score (nSPS) is 10.6. The van der Waals surface area contributed by atoms with E-state index in [-0.39, 0.29) is 0 Å². The van der Waals surface area contributed by atoms with E-state index < -0.39 is 0 Å². The second-order valence-electron chi connectivity index (χ2n) is 3.95. The number of hydrogen-bond donors (Lipinski definition) is 1. The van der Waals surface area contributed by atoms with Gasteiger partial charge in [-0.15, -0.1) is 0 Å². The van der Waals surface area contributed by atoms with Gasteiger partial charge in [0.15, 0.2) is 0 Å². The second-order valence-corrected chi connectivity index (χ2v) is 3.95. The van der Waals surface area contributed by atoms with Gasteiger partial charge in [0.2, 0.25) is 5.88 Å². The van der Waals surface area contributed by atoms with Crippen LogP contribution >= 0.6 is 0 Å². The highest BCUT2D eigenvalue weighted by atomic mass is 16.5. The highest BCUT2D eigenvalue weighted by Gasteiger charge is 2.01. The summed E-state index contributed by atoms with van der Waals surface area (Å²) in [4.78, 5) is 4.08. The molecule has 0 aliphatic rings. The molecule has 0 aliphatic carbocycles. The third-order valence-electron chi connectivity index (χ3n) is 2.75. The standard InChI is InChI=1S/C13H18N4O/c1-3-17-12(5-7-16-17)10-14-9-11-4-6-15-13(8-11)18-2/h4-8,14H,3,9-10H2,1-2H3. The van der Waals surface area contributed by atoms with Crippen LogP contribution in [0.1, 0.15) is 18.2 Å². The van der Waals surface area contributed by atoms with Crippen LogP contribution in [0.4, 0.5) is 0 Å². The second kappa shape index (κ2) is 6.16. The monoisotopic (exact) mass is 246 g/mol. The van der Waals surface area contributed by atoms with Gasteiger partial charge in [0, 0.05) is 38.1 Å². The van der Waals surface area contributed by atoms with E-state index in [0.717, 1.165) is 25.2 Å². The Balaban J connectivity index is 1.88. The Morgan fingerprint density at radius 2 is 2.17 bits per heavy atom. The Bertz CT molecular complexity index is 495. The zero-order valence-corrected chi connectivity index (χ0v) is 10.8. The van der Waals surface area contributed by atoms with E-state index in [2.05, 4.69) is 22.3 Å². The van der Waals surface area contributed by atoms with Crippen molar-refractivity contribution in [2.24, 2.45) is 0 Å². The van der Waals surface area contributed by atoms with Crippen molar-refractivity contribution < 1.29 is 4.74 Å². The maximum Gasteiger partial charge on any atom is 0.213 e. The van der Waals surface area contributed by atoms with Gasteiger partial charge in [-0.2, -0.15) is 5.10 Å². The summed E-state index contributed by atoms with van der Waals surface area (Å²) < 4.78 is 7.08. The minimum atomic E-state index is 0.646. The van der Waals surface area contributed by atoms with Gasteiger partial charge in [0.05, 0.1) is 12.8 Å². The Morgan fingerprint density at radius 1 is 1.28 bits per heavy atom. The van der Waals surface area contributed by atoms with Crippen molar-refractivity contribution >= 4 is 0 Å². The van der Waals surface area contributed by atoms with Crippen molar-refractivity contribution in [1.82, 2.24) is 20.1 Å². The smallest absolute Gasteiger partial charge is 0.213 e. The molecular formula is C13H18N4O. The number of aromatic nitrogens is 3. The SMILES string of the molecule is CCn1nccc1CNCc1ccnc(OC)c1. The number of methoxy groups -OCH3 is 1. The number of nitrogens with zero attached hydrogens (tertiary/aromatic N) is 3. The summed E-state index contributed by atoms with van der Waals surface area (Å²) in [6.07, 6.45) is 3.59. The van der Waals surface area contributed by atoms with Crippen molar-refractivity contribution in [3.8, 4) is 5.88 Å². The lowest BCUT2D eigenvalue weighted by Gasteiger charge is -2.07. The molecule has 0 atom stereocenters. The van der Waals surface area contributed by atoms with E-state index in [4.69, 9.17) is 4.74 Å². The van der Waals surface area contributed by atoms with Crippen LogP contribution in [0.5, 0.6) is 5.88 Å². The van der Waals surface area contributed by atoms with E-state index in [0.29, 0.717) is 5.88 Å². The quantitative estimate of drug-likeness (QED) is 0.841. The molecule has 0 spiro atoms. The zero-order chi connectivity index (χ0) is 12.8. The van der Waals surface area contributed by atoms with E-state index in [1.54, 1.807) is 13.3 Å². The van der Waals surface area contributed by atoms with Crippen LogP contribution in [0.25, 0.3) is 0 Å². The van der Waals surface area contributed by atoms with Gasteiger partial charge in [-0.3, -0.25) is 4.68 Å². The Kier molecular flexibility index (Phi) is 4.30. The van der Waals surface area contributed by atoms with Crippen molar-refractivity contribution in [3.05, 3.63) is 41.9 Å². The number of rotatable bonds is 6. The van der Waals surface area contributed by atoms with E-state index >= 15 is 0 Å². The first-order valence-corrected chi connectivity index (χ1v) is 6.03. The lowest BCUT2D eigenvalue weighted by atomic mass is 10.2. The van der Waals surface area contributed by atoms with Gasteiger partial charge in [-0.05, 0) is 24.6 Å². The molecule has 1 N–H and O–H groups in total. The van der Waals surface area contributed by atoms with Crippen LogP contribution in [0, 0.1) is 0 Å². The van der Waals surface area contributed by atoms with Crippen molar-refractivity contribution in [2.45, 2.75) is 26.6 Å². The van der Waals surface area contributed by atoms with Gasteiger partial charge < -0.3 is 10.1 Å². The van der Waals surface area contributed by atoms with E-state index in [9.17, 15) is 0 Å². The van der Waals surface area contributed by atoms with Gasteiger partial charge in [0.25, 0.3) is 0 Å². The summed E-state index contributed by atoms with van der Waals surface area (Å²) in [5.41, 5.74) is 2.35. The van der Waals surface area contributed by atoms with Crippen LogP contribution in [0.2, 0.25) is 0 Å². The predicted octanol–water partition coefficient (Wildman–Crippen LogP) is 1.60. The van der Waals surface area contributed by atoms with Crippen molar-refractivity contribution in [3.63, 3.8) is 0 Å². The topological polar surface area (TPSA) is 52.0 Å². The summed E-state index contributed by atoms with van der Waals surface area (Å²) in [6.45, 7) is 4.57. The Labute approximate surface area is 107 Å². The molecule has 0 amide bonds. The lowest BCUT2D eigenvalue weighted by Crippen LogP contribution is -2.16. The van der Waals surface area contributed by atoms with Crippen LogP contribution in [0.3, 0.4) is 0 Å². The van der Waals surface area contributed by atoms with Crippen LogP contribution in [-0.4, -0.2) is 21.9 Å². The van der Waals surface area contributed by atoms with E-state index in [1.165, 1.54) is 5.69 Å². The molecule has 5 nitrogen and oxygen atoms in total. The molecule has 18 heavy (non-hydrogen) atoms. The molecule has 0 aromatic carbocycles. The Morgan fingerprint density at radius 3 is 2.94 bits per heavy atom. The molecular weight excluding hydrogens is 228 g/mol. The lowest BCUT2D eigenvalue weighted by molar-refractivity contribution is 0.397.